The molecule has 0 saturated carbocycles. The minimum absolute atomic E-state index is 0.0259. The number of oxime groups is 1. The number of aromatic nitrogens is 2. The summed E-state index contributed by atoms with van der Waals surface area (Å²) in [6.07, 6.45) is -3.77. The molecular weight excluding hydrogens is 358 g/mol. The largest absolute Gasteiger partial charge is 0.416 e. The van der Waals surface area contributed by atoms with Crippen LogP contribution in [0.25, 0.3) is 5.69 Å². The summed E-state index contributed by atoms with van der Waals surface area (Å²) in [4.78, 5) is 0. The second-order valence-corrected chi connectivity index (χ2v) is 5.02. The zero-order chi connectivity index (χ0) is 17.4. The van der Waals surface area contributed by atoms with Gasteiger partial charge < -0.3 is 10.9 Å². The van der Waals surface area contributed by atoms with Crippen molar-refractivity contribution in [1.82, 2.24) is 9.78 Å². The van der Waals surface area contributed by atoms with Crippen molar-refractivity contribution in [2.24, 2.45) is 5.16 Å². The second kappa shape index (κ2) is 5.98. The Hall–Kier alpha value is -2.44. The van der Waals surface area contributed by atoms with E-state index in [1.54, 1.807) is 6.07 Å². The number of hydrogen-bond acceptors (Lipinski definition) is 5. The predicted octanol–water partition coefficient (Wildman–Crippen LogP) is 3.46. The highest BCUT2D eigenvalue weighted by Crippen LogP contribution is 2.38. The molecule has 0 unspecified atom stereocenters. The molecule has 1 heterocycles. The molecule has 120 valence electrons. The summed E-state index contributed by atoms with van der Waals surface area (Å²) in [5.41, 5.74) is 4.35. The van der Waals surface area contributed by atoms with Crippen LogP contribution in [0, 0.1) is 11.3 Å². The number of halogens is 5. The van der Waals surface area contributed by atoms with Crippen molar-refractivity contribution in [2.75, 3.05) is 5.73 Å². The monoisotopic (exact) mass is 363 g/mol. The Morgan fingerprint density at radius 1 is 1.35 bits per heavy atom. The predicted molar refractivity (Wildman–Crippen MR) is 77.1 cm³/mol. The highest BCUT2D eigenvalue weighted by Gasteiger charge is 2.32. The first kappa shape index (κ1) is 16.9. The van der Waals surface area contributed by atoms with Crippen molar-refractivity contribution in [2.45, 2.75) is 6.18 Å². The van der Waals surface area contributed by atoms with Crippen LogP contribution < -0.4 is 5.73 Å². The normalized spacial score (nSPS) is 11.8. The number of anilines is 1. The fourth-order valence-electron chi connectivity index (χ4n) is 1.81. The molecule has 0 spiro atoms. The van der Waals surface area contributed by atoms with Crippen molar-refractivity contribution in [3.63, 3.8) is 0 Å². The number of nitrogens with zero attached hydrogens (tertiary/aromatic N) is 4. The molecule has 0 aliphatic carbocycles. The van der Waals surface area contributed by atoms with E-state index >= 15 is 0 Å². The quantitative estimate of drug-likeness (QED) is 0.484. The zero-order valence-corrected chi connectivity index (χ0v) is 12.4. The number of benzene rings is 1. The molecule has 0 aliphatic rings. The fourth-order valence-corrected chi connectivity index (χ4v) is 2.46. The number of nitrogen functional groups attached to an aromatic ring is 1. The van der Waals surface area contributed by atoms with Gasteiger partial charge in [0, 0.05) is 0 Å². The van der Waals surface area contributed by atoms with E-state index in [4.69, 9.17) is 39.4 Å². The highest BCUT2D eigenvalue weighted by molar-refractivity contribution is 6.38. The van der Waals surface area contributed by atoms with Crippen LogP contribution in [-0.4, -0.2) is 21.2 Å². The number of nitriles is 1. The highest BCUT2D eigenvalue weighted by atomic mass is 35.5. The van der Waals surface area contributed by atoms with E-state index in [9.17, 15) is 13.2 Å². The van der Waals surface area contributed by atoms with E-state index in [2.05, 4.69) is 10.3 Å². The fraction of sp³-hybridized carbons (Fsp3) is 0.0833. The Balaban J connectivity index is 2.72. The average Bonchev–Trinajstić information content (AvgIpc) is 2.75. The molecule has 6 nitrogen and oxygen atoms in total. The van der Waals surface area contributed by atoms with Gasteiger partial charge in [0.2, 0.25) is 0 Å². The standard InChI is InChI=1S/C12H6Cl2F3N5O/c13-7-1-5(12(15,16)17)2-8(14)10(7)22-11(19)6(4-20-23)9(3-18)21-22/h1-2,4,23H,19H2/b20-4-. The van der Waals surface area contributed by atoms with Gasteiger partial charge in [-0.3, -0.25) is 0 Å². The van der Waals surface area contributed by atoms with Gasteiger partial charge in [-0.15, -0.1) is 0 Å². The van der Waals surface area contributed by atoms with Crippen LogP contribution in [0.1, 0.15) is 16.8 Å². The van der Waals surface area contributed by atoms with E-state index in [0.717, 1.165) is 10.9 Å². The summed E-state index contributed by atoms with van der Waals surface area (Å²) in [7, 11) is 0. The molecule has 3 N–H and O–H groups in total. The molecule has 0 atom stereocenters. The lowest BCUT2D eigenvalue weighted by Crippen LogP contribution is -2.08. The molecule has 2 aromatic rings. The summed E-state index contributed by atoms with van der Waals surface area (Å²) in [6.45, 7) is 0. The van der Waals surface area contributed by atoms with Crippen LogP contribution in [0.5, 0.6) is 0 Å². The summed E-state index contributed by atoms with van der Waals surface area (Å²) in [6, 6.07) is 3.03. The smallest absolute Gasteiger partial charge is 0.411 e. The van der Waals surface area contributed by atoms with Crippen LogP contribution >= 0.6 is 23.2 Å². The Kier molecular flexibility index (Phi) is 4.40. The van der Waals surface area contributed by atoms with E-state index in [1.807, 2.05) is 0 Å². The van der Waals surface area contributed by atoms with Crippen LogP contribution in [0.3, 0.4) is 0 Å². The maximum absolute atomic E-state index is 12.7. The van der Waals surface area contributed by atoms with E-state index in [-0.39, 0.29) is 32.8 Å². The van der Waals surface area contributed by atoms with Crippen LogP contribution in [0.4, 0.5) is 19.0 Å². The van der Waals surface area contributed by atoms with Gasteiger partial charge >= 0.3 is 6.18 Å². The molecule has 1 aromatic carbocycles. The third-order valence-electron chi connectivity index (χ3n) is 2.81. The van der Waals surface area contributed by atoms with Gasteiger partial charge in [-0.05, 0) is 12.1 Å². The lowest BCUT2D eigenvalue weighted by Gasteiger charge is -2.13. The van der Waals surface area contributed by atoms with Gasteiger partial charge in [-0.1, -0.05) is 28.4 Å². The van der Waals surface area contributed by atoms with Crippen LogP contribution in [0.15, 0.2) is 17.3 Å². The van der Waals surface area contributed by atoms with Crippen molar-refractivity contribution in [3.05, 3.63) is 39.0 Å². The Labute approximate surface area is 137 Å². The van der Waals surface area contributed by atoms with Crippen LogP contribution in [-0.2, 0) is 6.18 Å². The first-order valence-electron chi connectivity index (χ1n) is 5.73. The van der Waals surface area contributed by atoms with Gasteiger partial charge in [0.25, 0.3) is 0 Å². The van der Waals surface area contributed by atoms with Gasteiger partial charge in [0.15, 0.2) is 5.69 Å². The molecule has 0 saturated heterocycles. The number of rotatable bonds is 2. The Morgan fingerprint density at radius 2 is 1.91 bits per heavy atom. The molecule has 2 rings (SSSR count). The second-order valence-electron chi connectivity index (χ2n) is 4.20. The summed E-state index contributed by atoms with van der Waals surface area (Å²) < 4.78 is 39.1. The molecule has 1 aromatic heterocycles. The van der Waals surface area contributed by atoms with Crippen molar-refractivity contribution in [3.8, 4) is 11.8 Å². The van der Waals surface area contributed by atoms with Crippen molar-refractivity contribution in [1.29, 1.82) is 5.26 Å². The molecule has 0 radical (unpaired) electrons. The minimum Gasteiger partial charge on any atom is -0.411 e. The van der Waals surface area contributed by atoms with E-state index in [0.29, 0.717) is 12.1 Å². The van der Waals surface area contributed by atoms with Gasteiger partial charge in [0.1, 0.15) is 17.6 Å². The molecule has 0 bridgehead atoms. The minimum atomic E-state index is -4.63. The number of hydrogen-bond donors (Lipinski definition) is 2. The zero-order valence-electron chi connectivity index (χ0n) is 10.9. The molecule has 11 heteroatoms. The maximum atomic E-state index is 12.7. The first-order valence-corrected chi connectivity index (χ1v) is 6.49. The SMILES string of the molecule is N#Cc1nn(-c2c(Cl)cc(C(F)(F)F)cc2Cl)c(N)c1/C=N\O. The van der Waals surface area contributed by atoms with Crippen molar-refractivity contribution < 1.29 is 18.4 Å². The third kappa shape index (κ3) is 3.04. The molecule has 0 amide bonds. The van der Waals surface area contributed by atoms with E-state index < -0.39 is 11.7 Å². The molecular formula is C12H6Cl2F3N5O. The summed E-state index contributed by atoms with van der Waals surface area (Å²) >= 11 is 11.7. The van der Waals surface area contributed by atoms with Gasteiger partial charge in [-0.25, -0.2) is 4.68 Å². The molecule has 23 heavy (non-hydrogen) atoms. The number of alkyl halides is 3. The topological polar surface area (TPSA) is 100 Å². The Morgan fingerprint density at radius 3 is 2.35 bits per heavy atom. The summed E-state index contributed by atoms with van der Waals surface area (Å²) in [5, 5.41) is 23.4. The van der Waals surface area contributed by atoms with E-state index in [1.165, 1.54) is 0 Å². The van der Waals surface area contributed by atoms with Crippen molar-refractivity contribution >= 4 is 35.2 Å². The lowest BCUT2D eigenvalue weighted by molar-refractivity contribution is -0.137. The van der Waals surface area contributed by atoms with Gasteiger partial charge in [0.05, 0.1) is 27.4 Å². The Bertz CT molecular complexity index is 815. The lowest BCUT2D eigenvalue weighted by atomic mass is 10.2. The van der Waals surface area contributed by atoms with Crippen LogP contribution in [0.2, 0.25) is 10.0 Å². The first-order chi connectivity index (χ1) is 10.7. The maximum Gasteiger partial charge on any atom is 0.416 e. The molecule has 0 fully saturated rings. The molecule has 0 aliphatic heterocycles. The summed E-state index contributed by atoms with van der Waals surface area (Å²) in [5.74, 6) is -0.178. The third-order valence-corrected chi connectivity index (χ3v) is 3.38. The number of nitrogens with two attached hydrogens (primary N) is 1. The average molecular weight is 364 g/mol. The van der Waals surface area contributed by atoms with Gasteiger partial charge in [-0.2, -0.15) is 23.5 Å².